The highest BCUT2D eigenvalue weighted by Gasteiger charge is 2.10. The van der Waals surface area contributed by atoms with Gasteiger partial charge >= 0.3 is 0 Å². The second-order valence-electron chi connectivity index (χ2n) is 4.24. The highest BCUT2D eigenvalue weighted by molar-refractivity contribution is 9.10. The van der Waals surface area contributed by atoms with E-state index in [2.05, 4.69) is 21.2 Å². The Morgan fingerprint density at radius 3 is 2.62 bits per heavy atom. The number of methoxy groups -OCH3 is 1. The predicted octanol–water partition coefficient (Wildman–Crippen LogP) is 3.34. The van der Waals surface area contributed by atoms with Gasteiger partial charge in [-0.2, -0.15) is 0 Å². The Hall–Kier alpha value is -1.92. The number of hydrogen-bond donors (Lipinski definition) is 2. The van der Waals surface area contributed by atoms with Crippen LogP contribution in [-0.2, 0) is 0 Å². The number of benzene rings is 2. The summed E-state index contributed by atoms with van der Waals surface area (Å²) in [5.74, 6) is 0.406. The van der Waals surface area contributed by atoms with E-state index in [9.17, 15) is 4.79 Å². The van der Waals surface area contributed by atoms with Crippen LogP contribution in [0.2, 0.25) is 0 Å². The summed E-state index contributed by atoms with van der Waals surface area (Å²) in [6.07, 6.45) is 0. The van der Waals surface area contributed by atoms with Crippen LogP contribution in [0.15, 0.2) is 46.9 Å². The molecule has 6 heteroatoms. The molecule has 0 spiro atoms. The summed E-state index contributed by atoms with van der Waals surface area (Å²) in [5, 5.41) is 2.82. The Labute approximate surface area is 136 Å². The van der Waals surface area contributed by atoms with Gasteiger partial charge in [-0.05, 0) is 52.3 Å². The third-order valence-corrected chi connectivity index (χ3v) is 3.73. The number of carbonyl (C=O) groups is 1. The summed E-state index contributed by atoms with van der Waals surface area (Å²) < 4.78 is 5.82. The minimum absolute atomic E-state index is 0.224. The average molecular weight is 365 g/mol. The number of hydrogen-bond acceptors (Lipinski definition) is 3. The minimum Gasteiger partial charge on any atom is -0.497 e. The summed E-state index contributed by atoms with van der Waals surface area (Å²) in [7, 11) is 1.56. The second kappa shape index (κ2) is 6.69. The van der Waals surface area contributed by atoms with Crippen molar-refractivity contribution >= 4 is 44.7 Å². The highest BCUT2D eigenvalue weighted by atomic mass is 79.9. The molecule has 108 valence electrons. The van der Waals surface area contributed by atoms with Gasteiger partial charge in [-0.15, -0.1) is 0 Å². The number of halogens is 1. The quantitative estimate of drug-likeness (QED) is 0.816. The molecule has 3 N–H and O–H groups in total. The smallest absolute Gasteiger partial charge is 0.255 e. The minimum atomic E-state index is -0.224. The first-order valence-corrected chi connectivity index (χ1v) is 7.26. The van der Waals surface area contributed by atoms with Crippen molar-refractivity contribution in [2.24, 2.45) is 5.73 Å². The number of carbonyl (C=O) groups excluding carboxylic acids is 1. The summed E-state index contributed by atoms with van der Waals surface area (Å²) in [6, 6.07) is 12.2. The molecule has 0 heterocycles. The molecule has 0 fully saturated rings. The topological polar surface area (TPSA) is 64.3 Å². The van der Waals surface area contributed by atoms with Crippen molar-refractivity contribution in [2.45, 2.75) is 0 Å². The normalized spacial score (nSPS) is 10.0. The SMILES string of the molecule is COc1cccc(C(=O)Nc2ccc(C(N)=S)cc2Br)c1. The molecule has 0 aliphatic heterocycles. The van der Waals surface area contributed by atoms with Crippen molar-refractivity contribution in [2.75, 3.05) is 12.4 Å². The van der Waals surface area contributed by atoms with Crippen LogP contribution in [0.3, 0.4) is 0 Å². The summed E-state index contributed by atoms with van der Waals surface area (Å²) >= 11 is 8.30. The molecule has 2 rings (SSSR count). The van der Waals surface area contributed by atoms with E-state index in [0.29, 0.717) is 26.5 Å². The average Bonchev–Trinajstić information content (AvgIpc) is 2.49. The molecule has 0 aromatic heterocycles. The monoisotopic (exact) mass is 364 g/mol. The molecule has 4 nitrogen and oxygen atoms in total. The molecule has 0 saturated carbocycles. The lowest BCUT2D eigenvalue weighted by atomic mass is 10.1. The molecular formula is C15H13BrN2O2S. The fourth-order valence-corrected chi connectivity index (χ4v) is 2.33. The van der Waals surface area contributed by atoms with Gasteiger partial charge in [-0.1, -0.05) is 18.3 Å². The van der Waals surface area contributed by atoms with Crippen LogP contribution in [0.1, 0.15) is 15.9 Å². The molecule has 1 amide bonds. The first-order valence-electron chi connectivity index (χ1n) is 6.06. The van der Waals surface area contributed by atoms with Crippen molar-refractivity contribution in [1.82, 2.24) is 0 Å². The van der Waals surface area contributed by atoms with E-state index in [1.807, 2.05) is 0 Å². The Morgan fingerprint density at radius 1 is 1.24 bits per heavy atom. The fraction of sp³-hybridized carbons (Fsp3) is 0.0667. The maximum absolute atomic E-state index is 12.2. The second-order valence-corrected chi connectivity index (χ2v) is 5.54. The molecule has 0 unspecified atom stereocenters. The molecule has 21 heavy (non-hydrogen) atoms. The predicted molar refractivity (Wildman–Crippen MR) is 91.0 cm³/mol. The maximum Gasteiger partial charge on any atom is 0.255 e. The lowest BCUT2D eigenvalue weighted by molar-refractivity contribution is 0.102. The van der Waals surface area contributed by atoms with Gasteiger partial charge in [0.15, 0.2) is 0 Å². The number of rotatable bonds is 4. The van der Waals surface area contributed by atoms with Crippen LogP contribution in [-0.4, -0.2) is 18.0 Å². The molecule has 0 saturated heterocycles. The van der Waals surface area contributed by atoms with Gasteiger partial charge in [0, 0.05) is 15.6 Å². The van der Waals surface area contributed by atoms with Gasteiger partial charge in [0.2, 0.25) is 0 Å². The van der Waals surface area contributed by atoms with Crippen LogP contribution < -0.4 is 15.8 Å². The third-order valence-electron chi connectivity index (χ3n) is 2.83. The first kappa shape index (κ1) is 15.5. The fourth-order valence-electron chi connectivity index (χ4n) is 1.73. The highest BCUT2D eigenvalue weighted by Crippen LogP contribution is 2.24. The molecule has 0 radical (unpaired) electrons. The lowest BCUT2D eigenvalue weighted by Gasteiger charge is -2.09. The van der Waals surface area contributed by atoms with Gasteiger partial charge in [0.25, 0.3) is 5.91 Å². The van der Waals surface area contributed by atoms with Crippen molar-refractivity contribution in [3.8, 4) is 5.75 Å². The third kappa shape index (κ3) is 3.80. The molecule has 0 bridgehead atoms. The number of nitrogens with two attached hydrogens (primary N) is 1. The van der Waals surface area contributed by atoms with E-state index in [1.54, 1.807) is 49.6 Å². The zero-order valence-electron chi connectivity index (χ0n) is 11.2. The number of amides is 1. The number of anilines is 1. The van der Waals surface area contributed by atoms with E-state index in [1.165, 1.54) is 0 Å². The Morgan fingerprint density at radius 2 is 2.00 bits per heavy atom. The molecule has 0 atom stereocenters. The van der Waals surface area contributed by atoms with Crippen LogP contribution in [0, 0.1) is 0 Å². The van der Waals surface area contributed by atoms with E-state index < -0.39 is 0 Å². The standard InChI is InChI=1S/C15H13BrN2O2S/c1-20-11-4-2-3-10(7-11)15(19)18-13-6-5-9(14(17)21)8-12(13)16/h2-8H,1H3,(H2,17,21)(H,18,19). The Bertz CT molecular complexity index is 704. The van der Waals surface area contributed by atoms with Gasteiger partial charge in [-0.25, -0.2) is 0 Å². The molecular weight excluding hydrogens is 352 g/mol. The maximum atomic E-state index is 12.2. The van der Waals surface area contributed by atoms with E-state index in [4.69, 9.17) is 22.7 Å². The zero-order valence-corrected chi connectivity index (χ0v) is 13.6. The molecule has 2 aromatic rings. The van der Waals surface area contributed by atoms with Gasteiger partial charge in [0.1, 0.15) is 10.7 Å². The summed E-state index contributed by atoms with van der Waals surface area (Å²) in [5.41, 5.74) is 7.45. The van der Waals surface area contributed by atoms with Gasteiger partial charge in [0.05, 0.1) is 12.8 Å². The molecule has 0 aliphatic carbocycles. The molecule has 2 aromatic carbocycles. The van der Waals surface area contributed by atoms with Crippen molar-refractivity contribution in [1.29, 1.82) is 0 Å². The van der Waals surface area contributed by atoms with E-state index in [0.717, 1.165) is 5.56 Å². The molecule has 0 aliphatic rings. The number of nitrogens with one attached hydrogen (secondary N) is 1. The first-order chi connectivity index (χ1) is 10.0. The number of ether oxygens (including phenoxy) is 1. The van der Waals surface area contributed by atoms with Crippen molar-refractivity contribution in [3.05, 3.63) is 58.1 Å². The van der Waals surface area contributed by atoms with E-state index >= 15 is 0 Å². The lowest BCUT2D eigenvalue weighted by Crippen LogP contribution is -2.13. The summed E-state index contributed by atoms with van der Waals surface area (Å²) in [6.45, 7) is 0. The van der Waals surface area contributed by atoms with Crippen LogP contribution in [0.4, 0.5) is 5.69 Å². The largest absolute Gasteiger partial charge is 0.497 e. The van der Waals surface area contributed by atoms with Crippen LogP contribution >= 0.6 is 28.1 Å². The van der Waals surface area contributed by atoms with Crippen molar-refractivity contribution in [3.63, 3.8) is 0 Å². The summed E-state index contributed by atoms with van der Waals surface area (Å²) in [4.78, 5) is 12.5. The van der Waals surface area contributed by atoms with Crippen LogP contribution in [0.25, 0.3) is 0 Å². The number of thiocarbonyl (C=S) groups is 1. The van der Waals surface area contributed by atoms with E-state index in [-0.39, 0.29) is 5.91 Å². The Balaban J connectivity index is 2.21. The van der Waals surface area contributed by atoms with Gasteiger partial charge < -0.3 is 15.8 Å². The zero-order chi connectivity index (χ0) is 15.4. The van der Waals surface area contributed by atoms with Gasteiger partial charge in [-0.3, -0.25) is 4.79 Å². The van der Waals surface area contributed by atoms with Crippen molar-refractivity contribution < 1.29 is 9.53 Å². The Kier molecular flexibility index (Phi) is 4.93. The van der Waals surface area contributed by atoms with Crippen LogP contribution in [0.5, 0.6) is 5.75 Å².